The van der Waals surface area contributed by atoms with E-state index in [2.05, 4.69) is 21.0 Å². The molecule has 1 unspecified atom stereocenters. The highest BCUT2D eigenvalue weighted by Crippen LogP contribution is 2.24. The maximum Gasteiger partial charge on any atom is 0.320 e. The van der Waals surface area contributed by atoms with Crippen LogP contribution in [0.15, 0.2) is 24.5 Å². The van der Waals surface area contributed by atoms with E-state index in [9.17, 15) is 5.11 Å². The van der Waals surface area contributed by atoms with Crippen molar-refractivity contribution >= 4 is 0 Å². The van der Waals surface area contributed by atoms with Crippen LogP contribution in [0.5, 0.6) is 6.01 Å². The Morgan fingerprint density at radius 3 is 2.85 bits per heavy atom. The zero-order valence-corrected chi connectivity index (χ0v) is 11.3. The van der Waals surface area contributed by atoms with Crippen molar-refractivity contribution in [3.63, 3.8) is 0 Å². The molecular formula is C14H15N3O3. The van der Waals surface area contributed by atoms with Gasteiger partial charge in [-0.15, -0.1) is 0 Å². The summed E-state index contributed by atoms with van der Waals surface area (Å²) in [7, 11) is 0. The van der Waals surface area contributed by atoms with Gasteiger partial charge in [-0.2, -0.15) is 9.97 Å². The minimum Gasteiger partial charge on any atom is -0.458 e. The van der Waals surface area contributed by atoms with Gasteiger partial charge in [0.05, 0.1) is 0 Å². The Kier molecular flexibility index (Phi) is 3.11. The molecule has 6 heteroatoms. The Labute approximate surface area is 116 Å². The summed E-state index contributed by atoms with van der Waals surface area (Å²) in [5.74, 6) is -0.622. The van der Waals surface area contributed by atoms with Gasteiger partial charge >= 0.3 is 6.01 Å². The summed E-state index contributed by atoms with van der Waals surface area (Å²) in [4.78, 5) is 12.3. The molecule has 3 rings (SSSR count). The third kappa shape index (κ3) is 2.76. The molecule has 1 N–H and O–H groups in total. The van der Waals surface area contributed by atoms with E-state index in [1.54, 1.807) is 0 Å². The molecule has 20 heavy (non-hydrogen) atoms. The van der Waals surface area contributed by atoms with Crippen molar-refractivity contribution in [2.45, 2.75) is 19.6 Å². The number of aromatic nitrogens is 3. The summed E-state index contributed by atoms with van der Waals surface area (Å²) in [6.45, 7) is 4.34. The van der Waals surface area contributed by atoms with Gasteiger partial charge in [-0.1, -0.05) is 23.8 Å². The molecule has 1 aromatic heterocycles. The van der Waals surface area contributed by atoms with E-state index < -0.39 is 5.79 Å². The molecular weight excluding hydrogens is 258 g/mol. The lowest BCUT2D eigenvalue weighted by molar-refractivity contribution is -0.00697. The van der Waals surface area contributed by atoms with Crippen LogP contribution in [-0.2, 0) is 4.74 Å². The minimum atomic E-state index is -1.17. The number of ether oxygens (including phenoxy) is 2. The lowest BCUT2D eigenvalue weighted by Gasteiger charge is -2.08. The molecule has 1 fully saturated rings. The predicted molar refractivity (Wildman–Crippen MR) is 71.1 cm³/mol. The standard InChI is InChI=1S/C14H15N3O3/c1-9-3-4-11(10(2)5-9)12-15-8-16-13(17-12)19-6-14(18)7-20-14/h3-5,8,18H,6-7H2,1-2H3. The number of hydrogen-bond acceptors (Lipinski definition) is 6. The molecule has 1 aliphatic rings. The Morgan fingerprint density at radius 1 is 1.35 bits per heavy atom. The fourth-order valence-corrected chi connectivity index (χ4v) is 1.89. The van der Waals surface area contributed by atoms with Gasteiger partial charge in [-0.25, -0.2) is 4.98 Å². The Morgan fingerprint density at radius 2 is 2.15 bits per heavy atom. The van der Waals surface area contributed by atoms with E-state index in [1.165, 1.54) is 11.9 Å². The Balaban J connectivity index is 1.82. The van der Waals surface area contributed by atoms with Crippen molar-refractivity contribution in [1.82, 2.24) is 15.0 Å². The summed E-state index contributed by atoms with van der Waals surface area (Å²) >= 11 is 0. The highest BCUT2D eigenvalue weighted by molar-refractivity contribution is 5.60. The molecule has 0 saturated carbocycles. The number of hydrogen-bond donors (Lipinski definition) is 1. The molecule has 104 valence electrons. The molecule has 6 nitrogen and oxygen atoms in total. The fraction of sp³-hybridized carbons (Fsp3) is 0.357. The van der Waals surface area contributed by atoms with Crippen LogP contribution in [0.25, 0.3) is 11.4 Å². The summed E-state index contributed by atoms with van der Waals surface area (Å²) < 4.78 is 10.1. The number of epoxide rings is 1. The van der Waals surface area contributed by atoms with Crippen molar-refractivity contribution in [3.8, 4) is 17.4 Å². The van der Waals surface area contributed by atoms with Crippen LogP contribution < -0.4 is 4.74 Å². The first-order valence-corrected chi connectivity index (χ1v) is 6.32. The number of aryl methyl sites for hydroxylation is 2. The summed E-state index contributed by atoms with van der Waals surface area (Å²) in [6.07, 6.45) is 1.40. The lowest BCUT2D eigenvalue weighted by Crippen LogP contribution is -2.21. The average Bonchev–Trinajstić information content (AvgIpc) is 3.15. The first-order chi connectivity index (χ1) is 9.56. The van der Waals surface area contributed by atoms with E-state index in [-0.39, 0.29) is 19.2 Å². The monoisotopic (exact) mass is 273 g/mol. The van der Waals surface area contributed by atoms with Gasteiger partial charge in [-0.3, -0.25) is 0 Å². The largest absolute Gasteiger partial charge is 0.458 e. The van der Waals surface area contributed by atoms with Crippen LogP contribution in [0, 0.1) is 13.8 Å². The third-order valence-electron chi connectivity index (χ3n) is 3.08. The predicted octanol–water partition coefficient (Wildman–Crippen LogP) is 1.25. The van der Waals surface area contributed by atoms with E-state index in [0.29, 0.717) is 5.82 Å². The van der Waals surface area contributed by atoms with Crippen molar-refractivity contribution in [2.75, 3.05) is 13.2 Å². The first kappa shape index (κ1) is 13.0. The van der Waals surface area contributed by atoms with E-state index in [0.717, 1.165) is 11.1 Å². The van der Waals surface area contributed by atoms with Crippen LogP contribution in [0.4, 0.5) is 0 Å². The van der Waals surface area contributed by atoms with Crippen molar-refractivity contribution in [2.24, 2.45) is 0 Å². The highest BCUT2D eigenvalue weighted by Gasteiger charge is 2.44. The summed E-state index contributed by atoms with van der Waals surface area (Å²) in [5.41, 5.74) is 3.21. The maximum absolute atomic E-state index is 9.53. The van der Waals surface area contributed by atoms with Crippen LogP contribution in [0.3, 0.4) is 0 Å². The Hall–Kier alpha value is -2.05. The van der Waals surface area contributed by atoms with Gasteiger partial charge in [0, 0.05) is 5.56 Å². The van der Waals surface area contributed by atoms with Gasteiger partial charge in [0.15, 0.2) is 5.82 Å². The third-order valence-corrected chi connectivity index (χ3v) is 3.08. The SMILES string of the molecule is Cc1ccc(-c2ncnc(OCC3(O)CO3)n2)c(C)c1. The van der Waals surface area contributed by atoms with Crippen LogP contribution in [0.1, 0.15) is 11.1 Å². The quantitative estimate of drug-likeness (QED) is 0.844. The number of benzene rings is 1. The highest BCUT2D eigenvalue weighted by atomic mass is 16.7. The second-order valence-electron chi connectivity index (χ2n) is 4.93. The fourth-order valence-electron chi connectivity index (χ4n) is 1.89. The molecule has 0 bridgehead atoms. The molecule has 0 amide bonds. The topological polar surface area (TPSA) is 80.7 Å². The van der Waals surface area contributed by atoms with Crippen molar-refractivity contribution in [3.05, 3.63) is 35.7 Å². The summed E-state index contributed by atoms with van der Waals surface area (Å²) in [5, 5.41) is 9.53. The van der Waals surface area contributed by atoms with Crippen molar-refractivity contribution < 1.29 is 14.6 Å². The van der Waals surface area contributed by atoms with E-state index >= 15 is 0 Å². The first-order valence-electron chi connectivity index (χ1n) is 6.32. The molecule has 1 aliphatic heterocycles. The van der Waals surface area contributed by atoms with Crippen LogP contribution >= 0.6 is 0 Å². The smallest absolute Gasteiger partial charge is 0.320 e. The number of nitrogens with zero attached hydrogens (tertiary/aromatic N) is 3. The number of rotatable bonds is 4. The van der Waals surface area contributed by atoms with Crippen LogP contribution in [-0.4, -0.2) is 39.1 Å². The normalized spacial score (nSPS) is 20.8. The van der Waals surface area contributed by atoms with Gasteiger partial charge in [-0.05, 0) is 19.4 Å². The minimum absolute atomic E-state index is 0.0172. The maximum atomic E-state index is 9.53. The van der Waals surface area contributed by atoms with Gasteiger partial charge in [0.25, 0.3) is 0 Å². The molecule has 1 saturated heterocycles. The van der Waals surface area contributed by atoms with E-state index in [4.69, 9.17) is 9.47 Å². The summed E-state index contributed by atoms with van der Waals surface area (Å²) in [6, 6.07) is 6.23. The number of aliphatic hydroxyl groups is 1. The average molecular weight is 273 g/mol. The second-order valence-corrected chi connectivity index (χ2v) is 4.93. The lowest BCUT2D eigenvalue weighted by atomic mass is 10.1. The Bertz CT molecular complexity index is 641. The van der Waals surface area contributed by atoms with Gasteiger partial charge in [0.1, 0.15) is 19.5 Å². The second kappa shape index (κ2) is 4.81. The van der Waals surface area contributed by atoms with Crippen LogP contribution in [0.2, 0.25) is 0 Å². The molecule has 1 aromatic carbocycles. The zero-order chi connectivity index (χ0) is 14.2. The van der Waals surface area contributed by atoms with Crippen molar-refractivity contribution in [1.29, 1.82) is 0 Å². The zero-order valence-electron chi connectivity index (χ0n) is 11.3. The van der Waals surface area contributed by atoms with E-state index in [1.807, 2.05) is 26.0 Å². The molecule has 2 heterocycles. The van der Waals surface area contributed by atoms with Gasteiger partial charge in [0.2, 0.25) is 5.79 Å². The molecule has 0 spiro atoms. The molecule has 2 aromatic rings. The van der Waals surface area contributed by atoms with Gasteiger partial charge < -0.3 is 14.6 Å². The molecule has 0 aliphatic carbocycles. The molecule has 0 radical (unpaired) electrons. The molecule has 1 atom stereocenters.